The van der Waals surface area contributed by atoms with Crippen LogP contribution in [-0.2, 0) is 0 Å². The SMILES string of the molecule is CCC(Nc1ccc(SC(F)F)cc1)c1cccc(Br)c1. The third kappa shape index (κ3) is 5.00. The maximum atomic E-state index is 12.3. The number of anilines is 1. The van der Waals surface area contributed by atoms with Crippen LogP contribution in [0.1, 0.15) is 24.9 Å². The summed E-state index contributed by atoms with van der Waals surface area (Å²) in [4.78, 5) is 0.575. The molecule has 1 nitrogen and oxygen atoms in total. The smallest absolute Gasteiger partial charge is 0.288 e. The number of rotatable bonds is 6. The largest absolute Gasteiger partial charge is 0.378 e. The molecule has 2 rings (SSSR count). The number of halogens is 3. The summed E-state index contributed by atoms with van der Waals surface area (Å²) in [5.74, 6) is -2.38. The summed E-state index contributed by atoms with van der Waals surface area (Å²) in [5, 5.41) is 3.44. The Balaban J connectivity index is 2.08. The number of hydrogen-bond acceptors (Lipinski definition) is 2. The monoisotopic (exact) mass is 371 g/mol. The Morgan fingerprint density at radius 2 is 1.86 bits per heavy atom. The Bertz CT molecular complexity index is 575. The second-order valence-corrected chi connectivity index (χ2v) is 6.54. The highest BCUT2D eigenvalue weighted by Crippen LogP contribution is 2.28. The number of benzene rings is 2. The van der Waals surface area contributed by atoms with E-state index in [4.69, 9.17) is 0 Å². The molecule has 0 saturated carbocycles. The lowest BCUT2D eigenvalue weighted by Gasteiger charge is -2.19. The minimum absolute atomic E-state index is 0.191. The maximum Gasteiger partial charge on any atom is 0.288 e. The van der Waals surface area contributed by atoms with Gasteiger partial charge in [0, 0.05) is 15.1 Å². The normalized spacial score (nSPS) is 12.4. The van der Waals surface area contributed by atoms with E-state index in [1.165, 1.54) is 5.56 Å². The topological polar surface area (TPSA) is 12.0 Å². The van der Waals surface area contributed by atoms with Gasteiger partial charge in [-0.2, -0.15) is 8.78 Å². The van der Waals surface area contributed by atoms with E-state index in [9.17, 15) is 8.78 Å². The van der Waals surface area contributed by atoms with Crippen LogP contribution in [-0.4, -0.2) is 5.76 Å². The minimum atomic E-state index is -2.38. The predicted molar refractivity (Wildman–Crippen MR) is 89.1 cm³/mol. The molecule has 2 aromatic carbocycles. The molecule has 0 aliphatic carbocycles. The van der Waals surface area contributed by atoms with Crippen molar-refractivity contribution >= 4 is 33.4 Å². The van der Waals surface area contributed by atoms with Gasteiger partial charge in [-0.1, -0.05) is 46.7 Å². The molecule has 21 heavy (non-hydrogen) atoms. The van der Waals surface area contributed by atoms with Gasteiger partial charge in [0.05, 0.1) is 6.04 Å². The van der Waals surface area contributed by atoms with Crippen LogP contribution in [0.5, 0.6) is 0 Å². The van der Waals surface area contributed by atoms with Crippen molar-refractivity contribution in [2.75, 3.05) is 5.32 Å². The van der Waals surface area contributed by atoms with E-state index in [-0.39, 0.29) is 6.04 Å². The molecule has 2 aromatic rings. The molecule has 0 spiro atoms. The van der Waals surface area contributed by atoms with Crippen molar-refractivity contribution in [1.29, 1.82) is 0 Å². The average Bonchev–Trinajstić information content (AvgIpc) is 2.46. The minimum Gasteiger partial charge on any atom is -0.378 e. The Morgan fingerprint density at radius 3 is 2.43 bits per heavy atom. The highest BCUT2D eigenvalue weighted by atomic mass is 79.9. The molecule has 112 valence electrons. The van der Waals surface area contributed by atoms with Gasteiger partial charge in [-0.3, -0.25) is 0 Å². The summed E-state index contributed by atoms with van der Waals surface area (Å²) in [5.41, 5.74) is 2.12. The molecule has 1 unspecified atom stereocenters. The zero-order valence-corrected chi connectivity index (χ0v) is 13.9. The molecule has 0 aromatic heterocycles. The van der Waals surface area contributed by atoms with Crippen molar-refractivity contribution in [3.63, 3.8) is 0 Å². The van der Waals surface area contributed by atoms with Gasteiger partial charge in [-0.25, -0.2) is 0 Å². The van der Waals surface area contributed by atoms with E-state index in [1.807, 2.05) is 24.3 Å². The Morgan fingerprint density at radius 1 is 1.14 bits per heavy atom. The lowest BCUT2D eigenvalue weighted by atomic mass is 10.0. The van der Waals surface area contributed by atoms with Crippen LogP contribution in [0.25, 0.3) is 0 Å². The molecule has 0 bridgehead atoms. The molecule has 0 aliphatic heterocycles. The summed E-state index contributed by atoms with van der Waals surface area (Å²) >= 11 is 4.04. The Kier molecular flexibility index (Phi) is 6.06. The standard InChI is InChI=1S/C16H16BrF2NS/c1-2-15(11-4-3-5-12(17)10-11)20-13-6-8-14(9-7-13)21-16(18)19/h3-10,15-16,20H,2H2,1H3. The molecule has 1 atom stereocenters. The highest BCUT2D eigenvalue weighted by Gasteiger charge is 2.10. The van der Waals surface area contributed by atoms with Gasteiger partial charge in [0.1, 0.15) is 0 Å². The summed E-state index contributed by atoms with van der Waals surface area (Å²) in [7, 11) is 0. The third-order valence-electron chi connectivity index (χ3n) is 3.08. The van der Waals surface area contributed by atoms with Crippen LogP contribution in [0, 0.1) is 0 Å². The van der Waals surface area contributed by atoms with Crippen LogP contribution in [0.2, 0.25) is 0 Å². The summed E-state index contributed by atoms with van der Waals surface area (Å²) < 4.78 is 25.6. The van der Waals surface area contributed by atoms with E-state index >= 15 is 0 Å². The first-order valence-corrected chi connectivity index (χ1v) is 8.32. The molecular weight excluding hydrogens is 356 g/mol. The van der Waals surface area contributed by atoms with Crippen LogP contribution < -0.4 is 5.32 Å². The van der Waals surface area contributed by atoms with Crippen molar-refractivity contribution in [1.82, 2.24) is 0 Å². The predicted octanol–water partition coefficient (Wildman–Crippen LogP) is 6.33. The molecule has 0 amide bonds. The quantitative estimate of drug-likeness (QED) is 0.595. The van der Waals surface area contributed by atoms with Crippen LogP contribution in [0.4, 0.5) is 14.5 Å². The lowest BCUT2D eigenvalue weighted by Crippen LogP contribution is -2.09. The van der Waals surface area contributed by atoms with E-state index in [0.717, 1.165) is 16.6 Å². The molecule has 0 radical (unpaired) electrons. The second-order valence-electron chi connectivity index (χ2n) is 4.56. The first-order valence-electron chi connectivity index (χ1n) is 6.65. The third-order valence-corrected chi connectivity index (χ3v) is 4.30. The fourth-order valence-corrected chi connectivity index (χ4v) is 2.99. The Labute approximate surface area is 136 Å². The fourth-order valence-electron chi connectivity index (χ4n) is 2.08. The Hall–Kier alpha value is -1.07. The van der Waals surface area contributed by atoms with Crippen molar-refractivity contribution in [2.24, 2.45) is 0 Å². The van der Waals surface area contributed by atoms with E-state index < -0.39 is 5.76 Å². The zero-order chi connectivity index (χ0) is 15.2. The van der Waals surface area contributed by atoms with Gasteiger partial charge >= 0.3 is 0 Å². The first kappa shape index (κ1) is 16.3. The van der Waals surface area contributed by atoms with Crippen LogP contribution in [0.3, 0.4) is 0 Å². The first-order chi connectivity index (χ1) is 10.1. The molecule has 0 fully saturated rings. The summed E-state index contributed by atoms with van der Waals surface area (Å²) in [6.07, 6.45) is 0.935. The van der Waals surface area contributed by atoms with E-state index in [0.29, 0.717) is 16.7 Å². The van der Waals surface area contributed by atoms with Gasteiger partial charge in [0.2, 0.25) is 0 Å². The van der Waals surface area contributed by atoms with Crippen molar-refractivity contribution in [2.45, 2.75) is 30.0 Å². The van der Waals surface area contributed by atoms with Crippen LogP contribution in [0.15, 0.2) is 57.9 Å². The number of hydrogen-bond donors (Lipinski definition) is 1. The number of alkyl halides is 2. The van der Waals surface area contributed by atoms with Gasteiger partial charge < -0.3 is 5.32 Å². The molecule has 0 saturated heterocycles. The molecule has 0 aliphatic rings. The summed E-state index contributed by atoms with van der Waals surface area (Å²) in [6, 6.07) is 15.5. The van der Waals surface area contributed by atoms with E-state index in [1.54, 1.807) is 12.1 Å². The lowest BCUT2D eigenvalue weighted by molar-refractivity contribution is 0.252. The molecular formula is C16H16BrF2NS. The van der Waals surface area contributed by atoms with Crippen LogP contribution >= 0.6 is 27.7 Å². The molecule has 1 N–H and O–H groups in total. The zero-order valence-electron chi connectivity index (χ0n) is 11.5. The van der Waals surface area contributed by atoms with Crippen molar-refractivity contribution in [3.8, 4) is 0 Å². The van der Waals surface area contributed by atoms with Crippen molar-refractivity contribution in [3.05, 3.63) is 58.6 Å². The highest BCUT2D eigenvalue weighted by molar-refractivity contribution is 9.10. The van der Waals surface area contributed by atoms with Gasteiger partial charge in [0.25, 0.3) is 5.76 Å². The van der Waals surface area contributed by atoms with Gasteiger partial charge in [-0.05, 0) is 48.4 Å². The van der Waals surface area contributed by atoms with Crippen molar-refractivity contribution < 1.29 is 8.78 Å². The van der Waals surface area contributed by atoms with Gasteiger partial charge in [-0.15, -0.1) is 0 Å². The second kappa shape index (κ2) is 7.80. The van der Waals surface area contributed by atoms with E-state index in [2.05, 4.69) is 40.3 Å². The maximum absolute atomic E-state index is 12.3. The summed E-state index contributed by atoms with van der Waals surface area (Å²) in [6.45, 7) is 2.11. The number of nitrogens with one attached hydrogen (secondary N) is 1. The average molecular weight is 372 g/mol. The molecule has 5 heteroatoms. The fraction of sp³-hybridized carbons (Fsp3) is 0.250. The van der Waals surface area contributed by atoms with Gasteiger partial charge in [0.15, 0.2) is 0 Å². The number of thioether (sulfide) groups is 1. The molecule has 0 heterocycles.